The van der Waals surface area contributed by atoms with E-state index >= 15 is 0 Å². The van der Waals surface area contributed by atoms with Crippen LogP contribution in [0.15, 0.2) is 18.2 Å². The Balaban J connectivity index is 0.00000200. The molecule has 1 heterocycles. The fourth-order valence-corrected chi connectivity index (χ4v) is 2.38. The Bertz CT molecular complexity index is 432. The van der Waals surface area contributed by atoms with Gasteiger partial charge in [-0.1, -0.05) is 6.07 Å². The molecule has 3 nitrogen and oxygen atoms in total. The summed E-state index contributed by atoms with van der Waals surface area (Å²) in [6.45, 7) is 2.42. The third kappa shape index (κ3) is 4.92. The van der Waals surface area contributed by atoms with Crippen LogP contribution in [-0.4, -0.2) is 44.6 Å². The van der Waals surface area contributed by atoms with Crippen molar-refractivity contribution in [2.24, 2.45) is 0 Å². The standard InChI is InChI=1S/C13H17F3N2O.2ClH/c1-19-11-8-9(14)2-3-10(11)12(13(15)16)18-6-4-17-5-7-18;;/h2-3,8,12-13,17H,4-7H2,1H3;2*1H/t12-;;/m1../s1. The zero-order valence-corrected chi connectivity index (χ0v) is 13.2. The van der Waals surface area contributed by atoms with Gasteiger partial charge in [-0.25, -0.2) is 13.2 Å². The molecule has 1 aromatic rings. The minimum Gasteiger partial charge on any atom is -0.496 e. The molecule has 0 unspecified atom stereocenters. The second kappa shape index (κ2) is 9.35. The molecule has 1 N–H and O–H groups in total. The molecule has 0 aromatic heterocycles. The molecule has 122 valence electrons. The molecule has 1 fully saturated rings. The summed E-state index contributed by atoms with van der Waals surface area (Å²) in [5.74, 6) is -0.322. The molecular weight excluding hydrogens is 328 g/mol. The summed E-state index contributed by atoms with van der Waals surface area (Å²) in [6.07, 6.45) is -2.54. The number of hydrogen-bond acceptors (Lipinski definition) is 3. The Hall–Kier alpha value is -0.690. The molecule has 1 saturated heterocycles. The van der Waals surface area contributed by atoms with Crippen LogP contribution in [0, 0.1) is 5.82 Å². The third-order valence-electron chi connectivity index (χ3n) is 3.30. The van der Waals surface area contributed by atoms with E-state index in [-0.39, 0.29) is 30.6 Å². The summed E-state index contributed by atoms with van der Waals surface area (Å²) in [5, 5.41) is 3.12. The van der Waals surface area contributed by atoms with Crippen molar-refractivity contribution >= 4 is 24.8 Å². The van der Waals surface area contributed by atoms with E-state index in [0.717, 1.165) is 6.07 Å². The van der Waals surface area contributed by atoms with Crippen molar-refractivity contribution in [3.8, 4) is 5.75 Å². The lowest BCUT2D eigenvalue weighted by molar-refractivity contribution is 0.0170. The minimum absolute atomic E-state index is 0. The van der Waals surface area contributed by atoms with Crippen molar-refractivity contribution in [1.29, 1.82) is 0 Å². The van der Waals surface area contributed by atoms with Gasteiger partial charge in [0.2, 0.25) is 0 Å². The third-order valence-corrected chi connectivity index (χ3v) is 3.30. The van der Waals surface area contributed by atoms with Crippen molar-refractivity contribution in [3.05, 3.63) is 29.6 Å². The maximum Gasteiger partial charge on any atom is 0.258 e. The summed E-state index contributed by atoms with van der Waals surface area (Å²) < 4.78 is 44.9. The van der Waals surface area contributed by atoms with Gasteiger partial charge in [0.05, 0.1) is 13.2 Å². The molecular formula is C13H19Cl2F3N2O. The predicted octanol–water partition coefficient (Wildman–Crippen LogP) is 2.89. The molecule has 1 aliphatic heterocycles. The summed E-state index contributed by atoms with van der Waals surface area (Å²) in [4.78, 5) is 1.71. The second-order valence-electron chi connectivity index (χ2n) is 4.45. The first kappa shape index (κ1) is 20.3. The van der Waals surface area contributed by atoms with E-state index in [1.54, 1.807) is 4.90 Å². The highest BCUT2D eigenvalue weighted by Crippen LogP contribution is 2.34. The molecule has 0 saturated carbocycles. The number of rotatable bonds is 4. The summed E-state index contributed by atoms with van der Waals surface area (Å²) in [7, 11) is 1.36. The number of alkyl halides is 2. The summed E-state index contributed by atoms with van der Waals surface area (Å²) in [5.41, 5.74) is 0.334. The zero-order chi connectivity index (χ0) is 13.8. The quantitative estimate of drug-likeness (QED) is 0.907. The SMILES string of the molecule is COc1cc(F)ccc1[C@H](C(F)F)N1CCNCC1.Cl.Cl. The van der Waals surface area contributed by atoms with E-state index in [1.165, 1.54) is 19.2 Å². The highest BCUT2D eigenvalue weighted by atomic mass is 35.5. The fourth-order valence-electron chi connectivity index (χ4n) is 2.38. The largest absolute Gasteiger partial charge is 0.496 e. The van der Waals surface area contributed by atoms with Crippen molar-refractivity contribution in [3.63, 3.8) is 0 Å². The van der Waals surface area contributed by atoms with Crippen LogP contribution in [0.2, 0.25) is 0 Å². The van der Waals surface area contributed by atoms with Crippen molar-refractivity contribution < 1.29 is 17.9 Å². The Morgan fingerprint density at radius 3 is 2.33 bits per heavy atom. The number of piperazine rings is 1. The monoisotopic (exact) mass is 346 g/mol. The van der Waals surface area contributed by atoms with Gasteiger partial charge in [0.25, 0.3) is 6.43 Å². The number of ether oxygens (including phenoxy) is 1. The number of hydrogen-bond donors (Lipinski definition) is 1. The lowest BCUT2D eigenvalue weighted by atomic mass is 10.0. The van der Waals surface area contributed by atoms with E-state index in [2.05, 4.69) is 5.32 Å². The van der Waals surface area contributed by atoms with Gasteiger partial charge < -0.3 is 10.1 Å². The van der Waals surface area contributed by atoms with Crippen LogP contribution in [0.3, 0.4) is 0 Å². The van der Waals surface area contributed by atoms with E-state index in [1.807, 2.05) is 0 Å². The number of nitrogens with one attached hydrogen (secondary N) is 1. The first-order chi connectivity index (χ1) is 9.13. The van der Waals surface area contributed by atoms with Gasteiger partial charge in [-0.3, -0.25) is 4.90 Å². The lowest BCUT2D eigenvalue weighted by Gasteiger charge is -2.35. The average Bonchev–Trinajstić information content (AvgIpc) is 2.41. The number of halogens is 5. The number of benzene rings is 1. The summed E-state index contributed by atoms with van der Waals surface area (Å²) >= 11 is 0. The molecule has 0 radical (unpaired) electrons. The second-order valence-corrected chi connectivity index (χ2v) is 4.45. The van der Waals surface area contributed by atoms with Gasteiger partial charge in [0.15, 0.2) is 0 Å². The fraction of sp³-hybridized carbons (Fsp3) is 0.538. The molecule has 0 bridgehead atoms. The maximum atomic E-state index is 13.4. The highest BCUT2D eigenvalue weighted by molar-refractivity contribution is 5.85. The molecule has 1 aromatic carbocycles. The van der Waals surface area contributed by atoms with Gasteiger partial charge in [0.1, 0.15) is 11.6 Å². The predicted molar refractivity (Wildman–Crippen MR) is 80.6 cm³/mol. The Kier molecular flexibility index (Phi) is 9.04. The highest BCUT2D eigenvalue weighted by Gasteiger charge is 2.32. The Morgan fingerprint density at radius 2 is 1.81 bits per heavy atom. The Morgan fingerprint density at radius 1 is 1.19 bits per heavy atom. The molecule has 1 atom stereocenters. The molecule has 8 heteroatoms. The van der Waals surface area contributed by atoms with Gasteiger partial charge in [-0.15, -0.1) is 24.8 Å². The van der Waals surface area contributed by atoms with E-state index in [4.69, 9.17) is 4.74 Å². The normalized spacial score (nSPS) is 16.8. The maximum absolute atomic E-state index is 13.4. The number of methoxy groups -OCH3 is 1. The minimum atomic E-state index is -2.54. The average molecular weight is 347 g/mol. The lowest BCUT2D eigenvalue weighted by Crippen LogP contribution is -2.47. The topological polar surface area (TPSA) is 24.5 Å². The smallest absolute Gasteiger partial charge is 0.258 e. The van der Waals surface area contributed by atoms with Crippen molar-refractivity contribution in [2.75, 3.05) is 33.3 Å². The van der Waals surface area contributed by atoms with Crippen LogP contribution in [0.1, 0.15) is 11.6 Å². The van der Waals surface area contributed by atoms with Gasteiger partial charge in [-0.2, -0.15) is 0 Å². The van der Waals surface area contributed by atoms with Crippen LogP contribution >= 0.6 is 24.8 Å². The molecule has 2 rings (SSSR count). The van der Waals surface area contributed by atoms with Crippen LogP contribution in [0.5, 0.6) is 5.75 Å². The van der Waals surface area contributed by atoms with E-state index in [9.17, 15) is 13.2 Å². The molecule has 21 heavy (non-hydrogen) atoms. The molecule has 1 aliphatic rings. The molecule has 0 aliphatic carbocycles. The van der Waals surface area contributed by atoms with Gasteiger partial charge in [0, 0.05) is 37.8 Å². The molecule has 0 amide bonds. The Labute approximate surface area is 134 Å². The molecule has 0 spiro atoms. The zero-order valence-electron chi connectivity index (χ0n) is 11.5. The van der Waals surface area contributed by atoms with Gasteiger partial charge >= 0.3 is 0 Å². The van der Waals surface area contributed by atoms with Crippen LogP contribution in [-0.2, 0) is 0 Å². The van der Waals surface area contributed by atoms with Gasteiger partial charge in [-0.05, 0) is 6.07 Å². The van der Waals surface area contributed by atoms with Crippen molar-refractivity contribution in [2.45, 2.75) is 12.5 Å². The summed E-state index contributed by atoms with van der Waals surface area (Å²) in [6, 6.07) is 2.66. The van der Waals surface area contributed by atoms with Crippen molar-refractivity contribution in [1.82, 2.24) is 10.2 Å². The van der Waals surface area contributed by atoms with Crippen LogP contribution in [0.4, 0.5) is 13.2 Å². The van der Waals surface area contributed by atoms with E-state index in [0.29, 0.717) is 31.7 Å². The first-order valence-corrected chi connectivity index (χ1v) is 6.20. The van der Waals surface area contributed by atoms with Crippen LogP contribution in [0.25, 0.3) is 0 Å². The van der Waals surface area contributed by atoms with Crippen LogP contribution < -0.4 is 10.1 Å². The van der Waals surface area contributed by atoms with E-state index < -0.39 is 18.3 Å². The first-order valence-electron chi connectivity index (χ1n) is 6.20. The number of nitrogens with zero attached hydrogens (tertiary/aromatic N) is 1.